The lowest BCUT2D eigenvalue weighted by Gasteiger charge is -2.35. The second-order valence-electron chi connectivity index (χ2n) is 7.33. The highest BCUT2D eigenvalue weighted by atomic mass is 16.2. The molecule has 0 bridgehead atoms. The lowest BCUT2D eigenvalue weighted by Crippen LogP contribution is -2.48. The molecule has 0 aliphatic carbocycles. The van der Waals surface area contributed by atoms with Crippen LogP contribution >= 0.6 is 0 Å². The topological polar surface area (TPSA) is 43.9 Å². The van der Waals surface area contributed by atoms with Crippen LogP contribution in [0.4, 0.5) is 11.4 Å². The fourth-order valence-electron chi connectivity index (χ4n) is 4.10. The van der Waals surface area contributed by atoms with Gasteiger partial charge in [0.15, 0.2) is 0 Å². The smallest absolute Gasteiger partial charge is 0.246 e. The fraction of sp³-hybridized carbons (Fsp3) is 0.304. The Hall–Kier alpha value is -3.08. The van der Waals surface area contributed by atoms with Gasteiger partial charge in [-0.05, 0) is 53.5 Å². The molecule has 0 N–H and O–H groups in total. The number of anilines is 2. The van der Waals surface area contributed by atoms with Crippen LogP contribution in [-0.4, -0.2) is 49.4 Å². The predicted octanol–water partition coefficient (Wildman–Crippen LogP) is 3.10. The van der Waals surface area contributed by atoms with Crippen molar-refractivity contribution in [1.29, 1.82) is 0 Å². The second kappa shape index (κ2) is 7.50. The molecule has 0 radical (unpaired) electrons. The monoisotopic (exact) mass is 375 g/mol. The molecule has 1 saturated heterocycles. The number of benzene rings is 2. The van der Waals surface area contributed by atoms with Crippen LogP contribution in [-0.2, 0) is 16.0 Å². The Morgan fingerprint density at radius 2 is 1.71 bits per heavy atom. The molecular formula is C23H25N3O2. The summed E-state index contributed by atoms with van der Waals surface area (Å²) in [6.45, 7) is 9.03. The van der Waals surface area contributed by atoms with Crippen LogP contribution in [0.3, 0.4) is 0 Å². The van der Waals surface area contributed by atoms with Gasteiger partial charge in [0.1, 0.15) is 0 Å². The van der Waals surface area contributed by atoms with Crippen LogP contribution in [0.15, 0.2) is 55.1 Å². The average molecular weight is 375 g/mol. The van der Waals surface area contributed by atoms with Crippen LogP contribution in [0.1, 0.15) is 12.5 Å². The van der Waals surface area contributed by atoms with Gasteiger partial charge in [0.25, 0.3) is 0 Å². The maximum absolute atomic E-state index is 11.8. The van der Waals surface area contributed by atoms with Crippen molar-refractivity contribution in [2.45, 2.75) is 13.3 Å². The van der Waals surface area contributed by atoms with E-state index in [1.807, 2.05) is 9.80 Å². The maximum atomic E-state index is 11.8. The number of carbonyl (C=O) groups is 2. The van der Waals surface area contributed by atoms with Gasteiger partial charge < -0.3 is 14.7 Å². The first-order valence-electron chi connectivity index (χ1n) is 9.74. The zero-order valence-corrected chi connectivity index (χ0v) is 16.2. The minimum Gasteiger partial charge on any atom is -0.368 e. The summed E-state index contributed by atoms with van der Waals surface area (Å²) in [5, 5.41) is 0. The van der Waals surface area contributed by atoms with E-state index in [4.69, 9.17) is 0 Å². The number of carbonyl (C=O) groups excluding carboxylic acids is 2. The molecule has 5 nitrogen and oxygen atoms in total. The van der Waals surface area contributed by atoms with Crippen molar-refractivity contribution in [1.82, 2.24) is 4.90 Å². The van der Waals surface area contributed by atoms with Crippen LogP contribution in [0.25, 0.3) is 11.1 Å². The van der Waals surface area contributed by atoms with Gasteiger partial charge in [-0.3, -0.25) is 9.59 Å². The zero-order chi connectivity index (χ0) is 19.7. The van der Waals surface area contributed by atoms with E-state index in [0.717, 1.165) is 44.8 Å². The van der Waals surface area contributed by atoms with Crippen LogP contribution in [0.5, 0.6) is 0 Å². The average Bonchev–Trinajstić information content (AvgIpc) is 3.17. The highest BCUT2D eigenvalue weighted by molar-refractivity contribution is 5.94. The van der Waals surface area contributed by atoms with E-state index in [1.165, 1.54) is 28.5 Å². The van der Waals surface area contributed by atoms with Gasteiger partial charge in [-0.1, -0.05) is 24.8 Å². The van der Waals surface area contributed by atoms with E-state index in [0.29, 0.717) is 0 Å². The first kappa shape index (κ1) is 18.3. The third-order valence-corrected chi connectivity index (χ3v) is 5.67. The van der Waals surface area contributed by atoms with Crippen molar-refractivity contribution in [3.63, 3.8) is 0 Å². The fourth-order valence-corrected chi connectivity index (χ4v) is 4.10. The Bertz CT molecular complexity index is 929. The van der Waals surface area contributed by atoms with E-state index < -0.39 is 0 Å². The van der Waals surface area contributed by atoms with Gasteiger partial charge in [-0.25, -0.2) is 0 Å². The molecule has 2 aromatic rings. The molecule has 0 atom stereocenters. The molecule has 2 heterocycles. The van der Waals surface area contributed by atoms with E-state index in [2.05, 4.69) is 53.9 Å². The minimum absolute atomic E-state index is 0.00569. The Morgan fingerprint density at radius 1 is 0.964 bits per heavy atom. The third kappa shape index (κ3) is 3.40. The molecule has 144 valence electrons. The number of hydrogen-bond donors (Lipinski definition) is 0. The van der Waals surface area contributed by atoms with Crippen molar-refractivity contribution >= 4 is 23.2 Å². The molecule has 2 aliphatic heterocycles. The van der Waals surface area contributed by atoms with Crippen molar-refractivity contribution in [2.75, 3.05) is 42.5 Å². The molecule has 0 aromatic heterocycles. The van der Waals surface area contributed by atoms with Gasteiger partial charge in [-0.2, -0.15) is 0 Å². The first-order chi connectivity index (χ1) is 13.6. The first-order valence-corrected chi connectivity index (χ1v) is 9.74. The molecular weight excluding hydrogens is 350 g/mol. The van der Waals surface area contributed by atoms with Crippen LogP contribution < -0.4 is 9.80 Å². The van der Waals surface area contributed by atoms with E-state index >= 15 is 0 Å². The highest BCUT2D eigenvalue weighted by Crippen LogP contribution is 2.33. The number of fused-ring (bicyclic) bond motifs is 1. The molecule has 0 spiro atoms. The summed E-state index contributed by atoms with van der Waals surface area (Å²) in [5.74, 6) is 0.105. The summed E-state index contributed by atoms with van der Waals surface area (Å²) in [6, 6.07) is 14.9. The summed E-state index contributed by atoms with van der Waals surface area (Å²) in [5.41, 5.74) is 5.79. The summed E-state index contributed by atoms with van der Waals surface area (Å²) in [4.78, 5) is 29.5. The zero-order valence-electron chi connectivity index (χ0n) is 16.2. The van der Waals surface area contributed by atoms with E-state index in [9.17, 15) is 9.59 Å². The largest absolute Gasteiger partial charge is 0.368 e. The molecule has 5 heteroatoms. The van der Waals surface area contributed by atoms with Crippen molar-refractivity contribution in [3.8, 4) is 11.1 Å². The molecule has 0 unspecified atom stereocenters. The van der Waals surface area contributed by atoms with Crippen LogP contribution in [0.2, 0.25) is 0 Å². The quantitative estimate of drug-likeness (QED) is 0.775. The van der Waals surface area contributed by atoms with E-state index in [-0.39, 0.29) is 11.8 Å². The third-order valence-electron chi connectivity index (χ3n) is 5.67. The summed E-state index contributed by atoms with van der Waals surface area (Å²) in [6.07, 6.45) is 2.29. The number of nitrogens with zero attached hydrogens (tertiary/aromatic N) is 3. The Morgan fingerprint density at radius 3 is 2.43 bits per heavy atom. The summed E-state index contributed by atoms with van der Waals surface area (Å²) >= 11 is 0. The molecule has 0 saturated carbocycles. The number of amides is 2. The molecule has 2 aromatic carbocycles. The molecule has 4 rings (SSSR count). The SMILES string of the molecule is C=CC(=O)N1CCN(c2cccc(-c3ccc4c(c3)CCN4C(C)=O)c2)CC1. The standard InChI is InChI=1S/C23H25N3O2/c1-3-23(28)25-13-11-24(12-14-25)21-6-4-5-18(16-21)19-7-8-22-20(15-19)9-10-26(22)17(2)27/h3-8,15-16H,1,9-14H2,2H3. The van der Waals surface area contributed by atoms with Gasteiger partial charge in [0.05, 0.1) is 0 Å². The number of hydrogen-bond acceptors (Lipinski definition) is 3. The van der Waals surface area contributed by atoms with Crippen molar-refractivity contribution in [3.05, 3.63) is 60.7 Å². The second-order valence-corrected chi connectivity index (χ2v) is 7.33. The maximum Gasteiger partial charge on any atom is 0.246 e. The van der Waals surface area contributed by atoms with Gasteiger partial charge in [0.2, 0.25) is 11.8 Å². The molecule has 28 heavy (non-hydrogen) atoms. The van der Waals surface area contributed by atoms with Crippen LogP contribution in [0, 0.1) is 0 Å². The summed E-state index contributed by atoms with van der Waals surface area (Å²) < 4.78 is 0. The Kier molecular flexibility index (Phi) is 4.90. The van der Waals surface area contributed by atoms with E-state index in [1.54, 1.807) is 6.92 Å². The summed E-state index contributed by atoms with van der Waals surface area (Å²) in [7, 11) is 0. The van der Waals surface area contributed by atoms with Gasteiger partial charge in [-0.15, -0.1) is 0 Å². The van der Waals surface area contributed by atoms with Crippen molar-refractivity contribution in [2.24, 2.45) is 0 Å². The lowest BCUT2D eigenvalue weighted by molar-refractivity contribution is -0.126. The van der Waals surface area contributed by atoms with Crippen molar-refractivity contribution < 1.29 is 9.59 Å². The Balaban J connectivity index is 1.53. The Labute approximate surface area is 165 Å². The normalized spacial score (nSPS) is 16.1. The molecule has 2 aliphatic rings. The number of piperazine rings is 1. The molecule has 1 fully saturated rings. The minimum atomic E-state index is 0.00569. The van der Waals surface area contributed by atoms with Gasteiger partial charge in [0, 0.05) is 51.0 Å². The highest BCUT2D eigenvalue weighted by Gasteiger charge is 2.23. The number of rotatable bonds is 3. The van der Waals surface area contributed by atoms with Gasteiger partial charge >= 0.3 is 0 Å². The predicted molar refractivity (Wildman–Crippen MR) is 113 cm³/mol. The molecule has 2 amide bonds. The lowest BCUT2D eigenvalue weighted by atomic mass is 10.0.